The Kier molecular flexibility index (Phi) is 6.66. The minimum atomic E-state index is 0.294. The van der Waals surface area contributed by atoms with Gasteiger partial charge < -0.3 is 4.90 Å². The van der Waals surface area contributed by atoms with Gasteiger partial charge in [0.2, 0.25) is 0 Å². The van der Waals surface area contributed by atoms with Gasteiger partial charge in [0.05, 0.1) is 0 Å². The molecule has 0 spiro atoms. The summed E-state index contributed by atoms with van der Waals surface area (Å²) in [5.74, 6) is 2.39. The van der Waals surface area contributed by atoms with Crippen LogP contribution < -0.4 is 0 Å². The highest BCUT2D eigenvalue weighted by Crippen LogP contribution is 2.02. The number of hydrogen-bond donors (Lipinski definition) is 0. The molecule has 3 heteroatoms. The van der Waals surface area contributed by atoms with Gasteiger partial charge in [-0.1, -0.05) is 0 Å². The quantitative estimate of drug-likeness (QED) is 0.567. The summed E-state index contributed by atoms with van der Waals surface area (Å²) < 4.78 is 0. The van der Waals surface area contributed by atoms with Crippen LogP contribution >= 0.6 is 11.8 Å². The smallest absolute Gasteiger partial charge is 0.130 e. The SMILES string of the molecule is CC(=O)CCSCCN(C)C. The first-order valence-electron chi connectivity index (χ1n) is 3.85. The van der Waals surface area contributed by atoms with Gasteiger partial charge in [-0.25, -0.2) is 0 Å². The Balaban J connectivity index is 2.97. The van der Waals surface area contributed by atoms with Gasteiger partial charge in [-0.3, -0.25) is 4.79 Å². The van der Waals surface area contributed by atoms with Gasteiger partial charge >= 0.3 is 0 Å². The lowest BCUT2D eigenvalue weighted by Crippen LogP contribution is -2.15. The Labute approximate surface area is 73.3 Å². The van der Waals surface area contributed by atoms with Gasteiger partial charge in [0, 0.05) is 24.5 Å². The monoisotopic (exact) mass is 175 g/mol. The van der Waals surface area contributed by atoms with E-state index in [1.54, 1.807) is 6.92 Å². The molecule has 0 aromatic carbocycles. The van der Waals surface area contributed by atoms with Gasteiger partial charge in [0.1, 0.15) is 5.78 Å². The van der Waals surface area contributed by atoms with Crippen LogP contribution in [-0.2, 0) is 4.79 Å². The molecule has 0 aliphatic heterocycles. The minimum absolute atomic E-state index is 0.294. The molecule has 0 fully saturated rings. The van der Waals surface area contributed by atoms with Crippen molar-refractivity contribution in [2.75, 3.05) is 32.1 Å². The number of carbonyl (C=O) groups excluding carboxylic acids is 1. The second-order valence-electron chi connectivity index (χ2n) is 2.87. The minimum Gasteiger partial charge on any atom is -0.309 e. The Hall–Kier alpha value is -0.0200. The van der Waals surface area contributed by atoms with Crippen molar-refractivity contribution in [1.82, 2.24) is 4.90 Å². The second-order valence-corrected chi connectivity index (χ2v) is 4.09. The summed E-state index contributed by atoms with van der Waals surface area (Å²) in [6.07, 6.45) is 0.720. The Bertz CT molecular complexity index is 115. The normalized spacial score (nSPS) is 10.5. The lowest BCUT2D eigenvalue weighted by Gasteiger charge is -2.07. The van der Waals surface area contributed by atoms with Crippen molar-refractivity contribution in [3.05, 3.63) is 0 Å². The standard InChI is InChI=1S/C8H17NOS/c1-8(10)4-6-11-7-5-9(2)3/h4-7H2,1-3H3. The fourth-order valence-corrected chi connectivity index (χ4v) is 1.70. The van der Waals surface area contributed by atoms with Crippen LogP contribution in [0, 0.1) is 0 Å². The molecule has 0 unspecified atom stereocenters. The third-order valence-corrected chi connectivity index (χ3v) is 2.25. The van der Waals surface area contributed by atoms with Crippen molar-refractivity contribution < 1.29 is 4.79 Å². The topological polar surface area (TPSA) is 20.3 Å². The van der Waals surface area contributed by atoms with E-state index in [0.717, 1.165) is 24.5 Å². The first-order valence-corrected chi connectivity index (χ1v) is 5.00. The van der Waals surface area contributed by atoms with Crippen LogP contribution in [0.5, 0.6) is 0 Å². The van der Waals surface area contributed by atoms with Crippen LogP contribution in [-0.4, -0.2) is 42.8 Å². The fourth-order valence-electron chi connectivity index (χ4n) is 0.565. The van der Waals surface area contributed by atoms with Crippen molar-refractivity contribution in [1.29, 1.82) is 0 Å². The summed E-state index contributed by atoms with van der Waals surface area (Å²) in [7, 11) is 4.12. The van der Waals surface area contributed by atoms with E-state index in [-0.39, 0.29) is 0 Å². The summed E-state index contributed by atoms with van der Waals surface area (Å²) in [6.45, 7) is 2.75. The molecule has 11 heavy (non-hydrogen) atoms. The molecule has 0 saturated heterocycles. The molecular weight excluding hydrogens is 158 g/mol. The third kappa shape index (κ3) is 9.98. The number of rotatable bonds is 6. The van der Waals surface area contributed by atoms with Crippen molar-refractivity contribution in [3.63, 3.8) is 0 Å². The number of hydrogen-bond acceptors (Lipinski definition) is 3. The molecule has 0 bridgehead atoms. The molecular formula is C8H17NOS. The molecule has 66 valence electrons. The Morgan fingerprint density at radius 1 is 1.36 bits per heavy atom. The van der Waals surface area contributed by atoms with Gasteiger partial charge in [-0.2, -0.15) is 11.8 Å². The Morgan fingerprint density at radius 3 is 2.45 bits per heavy atom. The second kappa shape index (κ2) is 6.68. The first kappa shape index (κ1) is 11.0. The zero-order chi connectivity index (χ0) is 8.69. The van der Waals surface area contributed by atoms with E-state index in [9.17, 15) is 4.79 Å². The molecule has 0 saturated carbocycles. The lowest BCUT2D eigenvalue weighted by molar-refractivity contribution is -0.116. The highest BCUT2D eigenvalue weighted by molar-refractivity contribution is 7.99. The van der Waals surface area contributed by atoms with Crippen LogP contribution in [0.15, 0.2) is 0 Å². The molecule has 0 aliphatic rings. The lowest BCUT2D eigenvalue weighted by atomic mass is 10.4. The largest absolute Gasteiger partial charge is 0.309 e. The maximum Gasteiger partial charge on any atom is 0.130 e. The zero-order valence-electron chi connectivity index (χ0n) is 7.59. The number of thioether (sulfide) groups is 1. The summed E-state index contributed by atoms with van der Waals surface area (Å²) in [4.78, 5) is 12.7. The van der Waals surface area contributed by atoms with Gasteiger partial charge in [-0.15, -0.1) is 0 Å². The molecule has 2 nitrogen and oxygen atoms in total. The maximum atomic E-state index is 10.5. The van der Waals surface area contributed by atoms with E-state index >= 15 is 0 Å². The number of ketones is 1. The van der Waals surface area contributed by atoms with Gasteiger partial charge in [0.15, 0.2) is 0 Å². The van der Waals surface area contributed by atoms with E-state index in [0.29, 0.717) is 5.78 Å². The van der Waals surface area contributed by atoms with Crippen molar-refractivity contribution >= 4 is 17.5 Å². The van der Waals surface area contributed by atoms with Crippen LogP contribution in [0.4, 0.5) is 0 Å². The van der Waals surface area contributed by atoms with Gasteiger partial charge in [-0.05, 0) is 21.0 Å². The first-order chi connectivity index (χ1) is 5.13. The van der Waals surface area contributed by atoms with E-state index in [4.69, 9.17) is 0 Å². The molecule has 0 rings (SSSR count). The fraction of sp³-hybridized carbons (Fsp3) is 0.875. The van der Waals surface area contributed by atoms with E-state index in [2.05, 4.69) is 19.0 Å². The van der Waals surface area contributed by atoms with E-state index < -0.39 is 0 Å². The van der Waals surface area contributed by atoms with Crippen LogP contribution in [0.1, 0.15) is 13.3 Å². The predicted octanol–water partition coefficient (Wildman–Crippen LogP) is 1.26. The van der Waals surface area contributed by atoms with Gasteiger partial charge in [0.25, 0.3) is 0 Å². The third-order valence-electron chi connectivity index (χ3n) is 1.28. The number of carbonyl (C=O) groups is 1. The highest BCUT2D eigenvalue weighted by atomic mass is 32.2. The van der Waals surface area contributed by atoms with Crippen LogP contribution in [0.25, 0.3) is 0 Å². The van der Waals surface area contributed by atoms with Crippen LogP contribution in [0.2, 0.25) is 0 Å². The van der Waals surface area contributed by atoms with E-state index in [1.165, 1.54) is 0 Å². The van der Waals surface area contributed by atoms with E-state index in [1.807, 2.05) is 11.8 Å². The molecule has 0 heterocycles. The van der Waals surface area contributed by atoms with Crippen LogP contribution in [0.3, 0.4) is 0 Å². The van der Waals surface area contributed by atoms with Crippen molar-refractivity contribution in [2.45, 2.75) is 13.3 Å². The van der Waals surface area contributed by atoms with Crippen molar-refractivity contribution in [2.24, 2.45) is 0 Å². The highest BCUT2D eigenvalue weighted by Gasteiger charge is 1.94. The van der Waals surface area contributed by atoms with Crippen molar-refractivity contribution in [3.8, 4) is 0 Å². The molecule has 0 aromatic heterocycles. The average molecular weight is 175 g/mol. The number of nitrogens with zero attached hydrogens (tertiary/aromatic N) is 1. The maximum absolute atomic E-state index is 10.5. The molecule has 0 radical (unpaired) electrons. The molecule has 0 aliphatic carbocycles. The average Bonchev–Trinajstić information content (AvgIpc) is 1.85. The molecule has 0 N–H and O–H groups in total. The number of Topliss-reactive ketones (excluding diaryl/α,β-unsaturated/α-hetero) is 1. The Morgan fingerprint density at radius 2 is 2.00 bits per heavy atom. The zero-order valence-corrected chi connectivity index (χ0v) is 8.41. The summed E-state index contributed by atoms with van der Waals surface area (Å²) in [5.41, 5.74) is 0. The molecule has 0 atom stereocenters. The molecule has 0 aromatic rings. The summed E-state index contributed by atoms with van der Waals surface area (Å²) >= 11 is 1.85. The summed E-state index contributed by atoms with van der Waals surface area (Å²) in [6, 6.07) is 0. The summed E-state index contributed by atoms with van der Waals surface area (Å²) in [5, 5.41) is 0. The predicted molar refractivity (Wildman–Crippen MR) is 51.2 cm³/mol. The molecule has 0 amide bonds.